The molecule has 246 valence electrons. The number of rotatable bonds is 6. The van der Waals surface area contributed by atoms with Gasteiger partial charge in [-0.2, -0.15) is 26.3 Å². The van der Waals surface area contributed by atoms with Gasteiger partial charge in [0.1, 0.15) is 5.56 Å². The van der Waals surface area contributed by atoms with Crippen molar-refractivity contribution < 1.29 is 55.3 Å². The van der Waals surface area contributed by atoms with Crippen LogP contribution in [-0.2, 0) is 28.5 Å². The highest BCUT2D eigenvalue weighted by molar-refractivity contribution is 5.97. The topological polar surface area (TPSA) is 143 Å². The van der Waals surface area contributed by atoms with Crippen LogP contribution in [0.25, 0.3) is 0 Å². The van der Waals surface area contributed by atoms with Crippen LogP contribution >= 0.6 is 0 Å². The van der Waals surface area contributed by atoms with Gasteiger partial charge >= 0.3 is 12.4 Å². The second-order valence-electron chi connectivity index (χ2n) is 9.62. The molecule has 0 saturated carbocycles. The molecule has 4 N–H and O–H groups in total. The van der Waals surface area contributed by atoms with Crippen LogP contribution in [0.1, 0.15) is 58.1 Å². The molecule has 0 atom stereocenters. The average Bonchev–Trinajstić information content (AvgIpc) is 2.91. The molecule has 1 aliphatic rings. The first-order chi connectivity index (χ1) is 20.4. The van der Waals surface area contributed by atoms with Gasteiger partial charge in [-0.1, -0.05) is 0 Å². The molecule has 0 spiro atoms. The minimum absolute atomic E-state index is 0.0715. The van der Waals surface area contributed by atoms with E-state index in [2.05, 4.69) is 10.2 Å². The number of aryl methyl sites for hydroxylation is 1. The molecule has 0 aliphatic carbocycles. The largest absolute Gasteiger partial charge is 0.483 e. The monoisotopic (exact) mass is 642 g/mol. The number of amides is 1. The van der Waals surface area contributed by atoms with Gasteiger partial charge in [-0.15, -0.1) is 0 Å². The van der Waals surface area contributed by atoms with Crippen LogP contribution in [0.4, 0.5) is 36.4 Å². The first kappa shape index (κ1) is 37.9. The van der Waals surface area contributed by atoms with Crippen LogP contribution in [0.15, 0.2) is 16.9 Å². The van der Waals surface area contributed by atoms with Crippen LogP contribution in [-0.4, -0.2) is 71.7 Å². The number of hydrogen-bond donors (Lipinski definition) is 4. The fourth-order valence-electron chi connectivity index (χ4n) is 4.79. The number of pyridine rings is 1. The number of nitrogens with one attached hydrogen (secondary N) is 2. The van der Waals surface area contributed by atoms with Crippen molar-refractivity contribution >= 4 is 24.5 Å². The fraction of sp³-hybridized carbons (Fsp3) is 0.481. The molecule has 1 fully saturated rings. The van der Waals surface area contributed by atoms with Crippen molar-refractivity contribution in [2.45, 2.75) is 58.6 Å². The second kappa shape index (κ2) is 16.1. The third-order valence-electron chi connectivity index (χ3n) is 6.87. The van der Waals surface area contributed by atoms with Gasteiger partial charge in [-0.3, -0.25) is 19.2 Å². The number of benzene rings is 1. The lowest BCUT2D eigenvalue weighted by molar-refractivity contribution is -0.141. The molecular weight excluding hydrogens is 609 g/mol. The van der Waals surface area contributed by atoms with Crippen molar-refractivity contribution in [3.05, 3.63) is 61.8 Å². The molecule has 1 amide bonds. The van der Waals surface area contributed by atoms with Crippen LogP contribution < -0.4 is 15.8 Å². The van der Waals surface area contributed by atoms with E-state index < -0.39 is 64.1 Å². The maximum atomic E-state index is 14.3. The van der Waals surface area contributed by atoms with E-state index in [9.17, 15) is 40.3 Å². The first-order valence-electron chi connectivity index (χ1n) is 13.0. The van der Waals surface area contributed by atoms with Crippen molar-refractivity contribution in [3.63, 3.8) is 0 Å². The summed E-state index contributed by atoms with van der Waals surface area (Å²) in [7, 11) is 1.94. The van der Waals surface area contributed by atoms with Gasteiger partial charge in [0.2, 0.25) is 0 Å². The van der Waals surface area contributed by atoms with Crippen LogP contribution in [0, 0.1) is 19.7 Å². The first-order valence-corrected chi connectivity index (χ1v) is 13.0. The molecule has 10 nitrogen and oxygen atoms in total. The number of aromatic nitrogens is 1. The molecule has 1 saturated heterocycles. The minimum atomic E-state index is -5.24. The van der Waals surface area contributed by atoms with Crippen molar-refractivity contribution in [2.24, 2.45) is 0 Å². The Balaban J connectivity index is 0.00000149. The number of nitrogens with zero attached hydrogens (tertiary/aromatic N) is 2. The predicted molar refractivity (Wildman–Crippen MR) is 145 cm³/mol. The zero-order valence-electron chi connectivity index (χ0n) is 24.2. The Bertz CT molecular complexity index is 1350. The molecule has 1 aromatic heterocycles. The number of alkyl halides is 6. The third kappa shape index (κ3) is 9.68. The van der Waals surface area contributed by atoms with Crippen molar-refractivity contribution in [3.8, 4) is 0 Å². The van der Waals surface area contributed by atoms with E-state index >= 15 is 0 Å². The maximum absolute atomic E-state index is 14.3. The zero-order chi connectivity index (χ0) is 34.0. The highest BCUT2D eigenvalue weighted by Crippen LogP contribution is 2.37. The summed E-state index contributed by atoms with van der Waals surface area (Å²) >= 11 is 0. The van der Waals surface area contributed by atoms with Gasteiger partial charge in [0.05, 0.1) is 16.8 Å². The third-order valence-corrected chi connectivity index (χ3v) is 6.87. The van der Waals surface area contributed by atoms with E-state index in [0.29, 0.717) is 25.5 Å². The number of carbonyl (C=O) groups excluding carboxylic acids is 1. The number of hydrogen-bond acceptors (Lipinski definition) is 6. The molecule has 1 aromatic carbocycles. The van der Waals surface area contributed by atoms with E-state index in [0.717, 1.165) is 26.1 Å². The lowest BCUT2D eigenvalue weighted by Crippen LogP contribution is -2.44. The fourth-order valence-corrected chi connectivity index (χ4v) is 4.79. The molecule has 44 heavy (non-hydrogen) atoms. The molecule has 0 bridgehead atoms. The smallest absolute Gasteiger partial charge is 0.419 e. The summed E-state index contributed by atoms with van der Waals surface area (Å²) < 4.78 is 96.2. The number of H-pyrrole nitrogens is 1. The van der Waals surface area contributed by atoms with Crippen molar-refractivity contribution in [1.29, 1.82) is 0 Å². The Morgan fingerprint density at radius 2 is 1.59 bits per heavy atom. The Hall–Kier alpha value is -4.15. The summed E-state index contributed by atoms with van der Waals surface area (Å²) in [6, 6.07) is 1.52. The highest BCUT2D eigenvalue weighted by Gasteiger charge is 2.39. The van der Waals surface area contributed by atoms with Crippen LogP contribution in [0.5, 0.6) is 0 Å². The van der Waals surface area contributed by atoms with E-state index in [-0.39, 0.29) is 30.2 Å². The van der Waals surface area contributed by atoms with Gasteiger partial charge in [-0.05, 0) is 71.4 Å². The highest BCUT2D eigenvalue weighted by atomic mass is 19.4. The summed E-state index contributed by atoms with van der Waals surface area (Å²) in [5, 5.41) is 15.9. The number of halogens is 7. The number of likely N-dealkylation sites (tertiary alicyclic amines) is 1. The molecule has 17 heteroatoms. The summed E-state index contributed by atoms with van der Waals surface area (Å²) in [6.45, 7) is 4.51. The number of piperidine rings is 1. The molecule has 3 rings (SSSR count). The lowest BCUT2D eigenvalue weighted by atomic mass is 9.97. The van der Waals surface area contributed by atoms with Crippen LogP contribution in [0.2, 0.25) is 0 Å². The van der Waals surface area contributed by atoms with E-state index in [1.165, 1.54) is 6.92 Å². The van der Waals surface area contributed by atoms with E-state index in [1.54, 1.807) is 11.8 Å². The van der Waals surface area contributed by atoms with Gasteiger partial charge in [0.25, 0.3) is 24.4 Å². The van der Waals surface area contributed by atoms with Crippen molar-refractivity contribution in [1.82, 2.24) is 15.2 Å². The van der Waals surface area contributed by atoms with E-state index in [4.69, 9.17) is 19.8 Å². The molecule has 2 aromatic rings. The number of anilines is 1. The van der Waals surface area contributed by atoms with E-state index in [1.807, 2.05) is 12.0 Å². The van der Waals surface area contributed by atoms with Gasteiger partial charge in [-0.25, -0.2) is 4.39 Å². The quantitative estimate of drug-likeness (QED) is 0.268. The molecule has 0 radical (unpaired) electrons. The summed E-state index contributed by atoms with van der Waals surface area (Å²) in [5.41, 5.74) is -5.92. The summed E-state index contributed by atoms with van der Waals surface area (Å²) in [5.74, 6) is -2.82. The second-order valence-corrected chi connectivity index (χ2v) is 9.62. The lowest BCUT2D eigenvalue weighted by Gasteiger charge is -2.39. The molecule has 1 aliphatic heterocycles. The molecule has 2 heterocycles. The number of carboxylic acid groups (broad SMARTS) is 2. The van der Waals surface area contributed by atoms with Gasteiger partial charge < -0.3 is 30.3 Å². The Labute approximate surface area is 247 Å². The normalized spacial score (nSPS) is 14.0. The summed E-state index contributed by atoms with van der Waals surface area (Å²) in [6.07, 6.45) is -8.64. The molecular formula is C27H33F7N4O6. The molecule has 0 unspecified atom stereocenters. The zero-order valence-corrected chi connectivity index (χ0v) is 24.2. The Morgan fingerprint density at radius 3 is 2.05 bits per heavy atom. The summed E-state index contributed by atoms with van der Waals surface area (Å²) in [4.78, 5) is 47.8. The Morgan fingerprint density at radius 1 is 1.07 bits per heavy atom. The van der Waals surface area contributed by atoms with Gasteiger partial charge in [0.15, 0.2) is 5.82 Å². The Kier molecular flexibility index (Phi) is 13.8. The minimum Gasteiger partial charge on any atom is -0.483 e. The van der Waals surface area contributed by atoms with Crippen molar-refractivity contribution in [2.75, 3.05) is 31.6 Å². The standard InChI is InChI=1S/C25H29F7N4O2.2CH2O2/c1-5-36(16-6-8-35(4)9-7-16)19-11-15(24(27,28)29)10-17(13(19)2)22(37)33-12-18-20(25(30,31)32)21(26)14(3)34-23(18)38;2*2-1-3/h10-11,16H,5-9,12H2,1-4H3,(H,33,37)(H,34,38);2*1H,(H,2,3). The number of carbonyl (C=O) groups is 3. The predicted octanol–water partition coefficient (Wildman–Crippen LogP) is 4.42. The number of aromatic amines is 1. The SMILES string of the molecule is CCN(c1cc(C(F)(F)F)cc(C(=O)NCc2c(C(F)(F)F)c(F)c(C)[nH]c2=O)c1C)C1CCN(C)CC1.O=CO.O=CO. The maximum Gasteiger partial charge on any atom is 0.419 e. The van der Waals surface area contributed by atoms with Gasteiger partial charge in [0, 0.05) is 30.4 Å². The van der Waals surface area contributed by atoms with Crippen LogP contribution in [0.3, 0.4) is 0 Å². The average molecular weight is 643 g/mol.